The summed E-state index contributed by atoms with van der Waals surface area (Å²) < 4.78 is 5.53. The van der Waals surface area contributed by atoms with E-state index in [0.29, 0.717) is 5.75 Å². The SMILES string of the molecule is Cc1ccc(C(N)=O)c(OCC(=O)Nc2ccccc2C(C)(C)C)c1. The van der Waals surface area contributed by atoms with Crippen molar-refractivity contribution in [2.45, 2.75) is 33.1 Å². The lowest BCUT2D eigenvalue weighted by molar-refractivity contribution is -0.118. The Morgan fingerprint density at radius 2 is 1.80 bits per heavy atom. The van der Waals surface area contributed by atoms with Crippen LogP contribution >= 0.6 is 0 Å². The number of primary amides is 1. The van der Waals surface area contributed by atoms with Gasteiger partial charge in [-0.15, -0.1) is 0 Å². The van der Waals surface area contributed by atoms with Gasteiger partial charge in [0.25, 0.3) is 11.8 Å². The van der Waals surface area contributed by atoms with Crippen LogP contribution in [0.5, 0.6) is 5.75 Å². The molecule has 5 heteroatoms. The molecule has 0 spiro atoms. The predicted molar refractivity (Wildman–Crippen MR) is 99.0 cm³/mol. The molecule has 132 valence electrons. The van der Waals surface area contributed by atoms with E-state index in [4.69, 9.17) is 10.5 Å². The van der Waals surface area contributed by atoms with Crippen molar-refractivity contribution in [2.24, 2.45) is 5.73 Å². The van der Waals surface area contributed by atoms with Crippen molar-refractivity contribution in [3.8, 4) is 5.75 Å². The molecule has 0 aromatic heterocycles. The summed E-state index contributed by atoms with van der Waals surface area (Å²) in [7, 11) is 0. The molecule has 2 rings (SSSR count). The fourth-order valence-electron chi connectivity index (χ4n) is 2.53. The molecule has 25 heavy (non-hydrogen) atoms. The first-order chi connectivity index (χ1) is 11.7. The van der Waals surface area contributed by atoms with Crippen molar-refractivity contribution in [1.29, 1.82) is 0 Å². The van der Waals surface area contributed by atoms with Gasteiger partial charge in [-0.05, 0) is 41.7 Å². The Morgan fingerprint density at radius 3 is 2.44 bits per heavy atom. The van der Waals surface area contributed by atoms with Crippen LogP contribution in [-0.2, 0) is 10.2 Å². The predicted octanol–water partition coefficient (Wildman–Crippen LogP) is 3.41. The van der Waals surface area contributed by atoms with Crippen molar-refractivity contribution in [2.75, 3.05) is 11.9 Å². The van der Waals surface area contributed by atoms with Gasteiger partial charge in [-0.25, -0.2) is 0 Å². The average Bonchev–Trinajstić information content (AvgIpc) is 2.52. The van der Waals surface area contributed by atoms with E-state index in [0.717, 1.165) is 16.8 Å². The zero-order valence-electron chi connectivity index (χ0n) is 15.1. The van der Waals surface area contributed by atoms with Crippen molar-refractivity contribution >= 4 is 17.5 Å². The van der Waals surface area contributed by atoms with Crippen molar-refractivity contribution in [3.63, 3.8) is 0 Å². The highest BCUT2D eigenvalue weighted by molar-refractivity contribution is 5.96. The summed E-state index contributed by atoms with van der Waals surface area (Å²) >= 11 is 0. The van der Waals surface area contributed by atoms with Gasteiger partial charge in [0.05, 0.1) is 5.56 Å². The third-order valence-electron chi connectivity index (χ3n) is 3.77. The molecule has 0 aliphatic rings. The van der Waals surface area contributed by atoms with Crippen molar-refractivity contribution in [1.82, 2.24) is 0 Å². The average molecular weight is 340 g/mol. The number of nitrogens with two attached hydrogens (primary N) is 1. The third-order valence-corrected chi connectivity index (χ3v) is 3.77. The standard InChI is InChI=1S/C20H24N2O3/c1-13-9-10-14(19(21)24)17(11-13)25-12-18(23)22-16-8-6-5-7-15(16)20(2,3)4/h5-11H,12H2,1-4H3,(H2,21,24)(H,22,23). The Morgan fingerprint density at radius 1 is 1.12 bits per heavy atom. The van der Waals surface area contributed by atoms with Crippen LogP contribution in [0.1, 0.15) is 42.3 Å². The van der Waals surface area contributed by atoms with Crippen LogP contribution in [0.4, 0.5) is 5.69 Å². The molecule has 0 atom stereocenters. The molecule has 2 amide bonds. The Hall–Kier alpha value is -2.82. The van der Waals surface area contributed by atoms with Crippen LogP contribution in [0.25, 0.3) is 0 Å². The number of hydrogen-bond acceptors (Lipinski definition) is 3. The Balaban J connectivity index is 2.11. The van der Waals surface area contributed by atoms with E-state index in [1.807, 2.05) is 31.2 Å². The highest BCUT2D eigenvalue weighted by Crippen LogP contribution is 2.29. The van der Waals surface area contributed by atoms with Gasteiger partial charge in [0.2, 0.25) is 0 Å². The highest BCUT2D eigenvalue weighted by Gasteiger charge is 2.19. The molecule has 0 fully saturated rings. The lowest BCUT2D eigenvalue weighted by atomic mass is 9.86. The molecule has 0 aliphatic heterocycles. The van der Waals surface area contributed by atoms with Crippen molar-refractivity contribution < 1.29 is 14.3 Å². The summed E-state index contributed by atoms with van der Waals surface area (Å²) in [5.41, 5.74) is 8.21. The maximum atomic E-state index is 12.3. The number of ether oxygens (including phenoxy) is 1. The third kappa shape index (κ3) is 4.83. The Bertz CT molecular complexity index is 792. The molecule has 2 aromatic carbocycles. The number of nitrogens with one attached hydrogen (secondary N) is 1. The van der Waals surface area contributed by atoms with Gasteiger partial charge in [-0.2, -0.15) is 0 Å². The van der Waals surface area contributed by atoms with E-state index in [2.05, 4.69) is 26.1 Å². The summed E-state index contributed by atoms with van der Waals surface area (Å²) in [6.45, 7) is 7.92. The summed E-state index contributed by atoms with van der Waals surface area (Å²) in [4.78, 5) is 23.7. The maximum absolute atomic E-state index is 12.3. The molecule has 3 N–H and O–H groups in total. The number of hydrogen-bond donors (Lipinski definition) is 2. The fourth-order valence-corrected chi connectivity index (χ4v) is 2.53. The summed E-state index contributed by atoms with van der Waals surface area (Å²) in [5.74, 6) is -0.575. The number of anilines is 1. The van der Waals surface area contributed by atoms with Gasteiger partial charge < -0.3 is 15.8 Å². The first kappa shape index (κ1) is 18.5. The monoisotopic (exact) mass is 340 g/mol. The number of rotatable bonds is 5. The molecule has 0 heterocycles. The second-order valence-corrected chi connectivity index (χ2v) is 7.00. The number of carbonyl (C=O) groups excluding carboxylic acids is 2. The van der Waals surface area contributed by atoms with Gasteiger partial charge in [0.1, 0.15) is 5.75 Å². The largest absolute Gasteiger partial charge is 0.483 e. The van der Waals surface area contributed by atoms with Crippen molar-refractivity contribution in [3.05, 3.63) is 59.2 Å². The quantitative estimate of drug-likeness (QED) is 0.875. The lowest BCUT2D eigenvalue weighted by Gasteiger charge is -2.23. The van der Waals surface area contributed by atoms with Crippen LogP contribution in [0.2, 0.25) is 0 Å². The molecule has 5 nitrogen and oxygen atoms in total. The van der Waals surface area contributed by atoms with Gasteiger partial charge in [-0.3, -0.25) is 9.59 Å². The number of aryl methyl sites for hydroxylation is 1. The summed E-state index contributed by atoms with van der Waals surface area (Å²) in [6.07, 6.45) is 0. The van der Waals surface area contributed by atoms with E-state index in [1.54, 1.807) is 18.2 Å². The minimum Gasteiger partial charge on any atom is -0.483 e. The minimum absolute atomic E-state index is 0.0968. The number of para-hydroxylation sites is 1. The van der Waals surface area contributed by atoms with Gasteiger partial charge in [0, 0.05) is 5.69 Å². The molecule has 2 aromatic rings. The summed E-state index contributed by atoms with van der Waals surface area (Å²) in [6, 6.07) is 12.7. The van der Waals surface area contributed by atoms with E-state index in [-0.39, 0.29) is 23.5 Å². The normalized spacial score (nSPS) is 11.0. The van der Waals surface area contributed by atoms with E-state index in [1.165, 1.54) is 0 Å². The molecule has 0 radical (unpaired) electrons. The van der Waals surface area contributed by atoms with E-state index >= 15 is 0 Å². The lowest BCUT2D eigenvalue weighted by Crippen LogP contribution is -2.24. The Labute approximate surface area is 148 Å². The second kappa shape index (κ2) is 7.38. The molecule has 0 aliphatic carbocycles. The van der Waals surface area contributed by atoms with Gasteiger partial charge in [0.15, 0.2) is 6.61 Å². The maximum Gasteiger partial charge on any atom is 0.262 e. The van der Waals surface area contributed by atoms with Gasteiger partial charge in [-0.1, -0.05) is 45.0 Å². The number of amides is 2. The number of benzene rings is 2. The smallest absolute Gasteiger partial charge is 0.262 e. The molecular weight excluding hydrogens is 316 g/mol. The molecular formula is C20H24N2O3. The van der Waals surface area contributed by atoms with Crippen LogP contribution in [0, 0.1) is 6.92 Å². The van der Waals surface area contributed by atoms with Crippen LogP contribution in [0.15, 0.2) is 42.5 Å². The zero-order chi connectivity index (χ0) is 18.6. The van der Waals surface area contributed by atoms with Crippen LogP contribution < -0.4 is 15.8 Å². The van der Waals surface area contributed by atoms with Crippen LogP contribution in [-0.4, -0.2) is 18.4 Å². The fraction of sp³-hybridized carbons (Fsp3) is 0.300. The minimum atomic E-state index is -0.589. The molecule has 0 saturated heterocycles. The molecule has 0 bridgehead atoms. The van der Waals surface area contributed by atoms with Gasteiger partial charge >= 0.3 is 0 Å². The highest BCUT2D eigenvalue weighted by atomic mass is 16.5. The van der Waals surface area contributed by atoms with Crippen LogP contribution in [0.3, 0.4) is 0 Å². The first-order valence-electron chi connectivity index (χ1n) is 8.11. The topological polar surface area (TPSA) is 81.4 Å². The summed E-state index contributed by atoms with van der Waals surface area (Å²) in [5, 5.41) is 2.87. The van der Waals surface area contributed by atoms with E-state index in [9.17, 15) is 9.59 Å². The Kier molecular flexibility index (Phi) is 5.47. The first-order valence-corrected chi connectivity index (χ1v) is 8.11. The second-order valence-electron chi connectivity index (χ2n) is 7.00. The zero-order valence-corrected chi connectivity index (χ0v) is 15.1. The molecule has 0 unspecified atom stereocenters. The molecule has 0 saturated carbocycles. The van der Waals surface area contributed by atoms with E-state index < -0.39 is 5.91 Å². The number of carbonyl (C=O) groups is 2.